The van der Waals surface area contributed by atoms with Gasteiger partial charge in [0.05, 0.1) is 21.6 Å². The van der Waals surface area contributed by atoms with Gasteiger partial charge in [-0.1, -0.05) is 17.8 Å². The Balaban J connectivity index is 2.40. The monoisotopic (exact) mass is 252 g/mol. The van der Waals surface area contributed by atoms with Crippen molar-refractivity contribution >= 4 is 17.7 Å². The molecule has 6 heteroatoms. The molecule has 0 aliphatic rings. The van der Waals surface area contributed by atoms with Crippen LogP contribution >= 0.6 is 11.8 Å². The Hall–Kier alpha value is -1.82. The van der Waals surface area contributed by atoms with Crippen molar-refractivity contribution in [2.45, 2.75) is 9.79 Å². The molecule has 0 spiro atoms. The van der Waals surface area contributed by atoms with Crippen molar-refractivity contribution in [3.05, 3.63) is 42.0 Å². The molecule has 2 rings (SSSR count). The zero-order valence-electron chi connectivity index (χ0n) is 8.92. The van der Waals surface area contributed by atoms with Crippen molar-refractivity contribution in [2.24, 2.45) is 7.05 Å². The number of hydrogen-bond donors (Lipinski definition) is 1. The predicted molar refractivity (Wildman–Crippen MR) is 60.7 cm³/mol. The number of rotatable bonds is 3. The summed E-state index contributed by atoms with van der Waals surface area (Å²) >= 11 is 1.05. The molecule has 0 radical (unpaired) electrons. The number of hydrogen-bond acceptors (Lipinski definition) is 3. The zero-order valence-corrected chi connectivity index (χ0v) is 9.74. The SMILES string of the molecule is Cn1cc(Sc2c(F)cccc2C(=O)O)cn1. The van der Waals surface area contributed by atoms with E-state index in [9.17, 15) is 9.18 Å². The van der Waals surface area contributed by atoms with E-state index in [2.05, 4.69) is 5.10 Å². The second kappa shape index (κ2) is 4.58. The largest absolute Gasteiger partial charge is 0.478 e. The van der Waals surface area contributed by atoms with Gasteiger partial charge in [0.1, 0.15) is 5.82 Å². The average molecular weight is 252 g/mol. The average Bonchev–Trinajstić information content (AvgIpc) is 2.67. The highest BCUT2D eigenvalue weighted by Gasteiger charge is 2.15. The molecule has 0 saturated carbocycles. The molecule has 1 heterocycles. The summed E-state index contributed by atoms with van der Waals surface area (Å²) < 4.78 is 15.2. The second-order valence-corrected chi connectivity index (χ2v) is 4.46. The van der Waals surface area contributed by atoms with E-state index in [0.717, 1.165) is 11.8 Å². The summed E-state index contributed by atoms with van der Waals surface area (Å²) in [5.41, 5.74) is -0.0427. The lowest BCUT2D eigenvalue weighted by Gasteiger charge is -2.04. The van der Waals surface area contributed by atoms with E-state index < -0.39 is 11.8 Å². The number of aromatic nitrogens is 2. The van der Waals surface area contributed by atoms with Crippen LogP contribution in [-0.4, -0.2) is 20.9 Å². The summed E-state index contributed by atoms with van der Waals surface area (Å²) in [4.78, 5) is 11.8. The van der Waals surface area contributed by atoms with Crippen LogP contribution in [0.5, 0.6) is 0 Å². The van der Waals surface area contributed by atoms with E-state index in [1.807, 2.05) is 0 Å². The molecule has 1 aromatic carbocycles. The van der Waals surface area contributed by atoms with Gasteiger partial charge in [-0.3, -0.25) is 4.68 Å². The molecule has 0 fully saturated rings. The smallest absolute Gasteiger partial charge is 0.336 e. The van der Waals surface area contributed by atoms with E-state index >= 15 is 0 Å². The van der Waals surface area contributed by atoms with Crippen LogP contribution in [0.2, 0.25) is 0 Å². The third-order valence-corrected chi connectivity index (χ3v) is 3.16. The van der Waals surface area contributed by atoms with Gasteiger partial charge >= 0.3 is 5.97 Å². The van der Waals surface area contributed by atoms with Crippen LogP contribution in [0.4, 0.5) is 4.39 Å². The minimum atomic E-state index is -1.14. The van der Waals surface area contributed by atoms with Gasteiger partial charge in [0, 0.05) is 13.2 Å². The van der Waals surface area contributed by atoms with Crippen LogP contribution < -0.4 is 0 Å². The van der Waals surface area contributed by atoms with Crippen molar-refractivity contribution in [3.63, 3.8) is 0 Å². The second-order valence-electron chi connectivity index (χ2n) is 3.37. The lowest BCUT2D eigenvalue weighted by Crippen LogP contribution is -2.00. The summed E-state index contributed by atoms with van der Waals surface area (Å²) in [5, 5.41) is 12.9. The standard InChI is InChI=1S/C11H9FN2O2S/c1-14-6-7(5-13-14)17-10-8(11(15)16)3-2-4-9(10)12/h2-6H,1H3,(H,15,16). The lowest BCUT2D eigenvalue weighted by molar-refractivity contribution is 0.0692. The van der Waals surface area contributed by atoms with Gasteiger partial charge in [-0.15, -0.1) is 0 Å². The van der Waals surface area contributed by atoms with Crippen LogP contribution in [0, 0.1) is 5.82 Å². The summed E-state index contributed by atoms with van der Waals surface area (Å²) in [6.45, 7) is 0. The van der Waals surface area contributed by atoms with Crippen molar-refractivity contribution < 1.29 is 14.3 Å². The van der Waals surface area contributed by atoms with Crippen LogP contribution in [-0.2, 0) is 7.05 Å². The number of carboxylic acid groups (broad SMARTS) is 1. The Kier molecular flexibility index (Phi) is 3.14. The lowest BCUT2D eigenvalue weighted by atomic mass is 10.2. The Morgan fingerprint density at radius 3 is 2.88 bits per heavy atom. The molecule has 0 aliphatic heterocycles. The van der Waals surface area contributed by atoms with Crippen molar-refractivity contribution in [2.75, 3.05) is 0 Å². The number of carbonyl (C=O) groups is 1. The van der Waals surface area contributed by atoms with Crippen molar-refractivity contribution in [3.8, 4) is 0 Å². The number of halogens is 1. The third kappa shape index (κ3) is 2.47. The van der Waals surface area contributed by atoms with E-state index in [-0.39, 0.29) is 10.5 Å². The summed E-state index contributed by atoms with van der Waals surface area (Å²) in [6.07, 6.45) is 3.26. The molecular formula is C11H9FN2O2S. The molecule has 1 aromatic heterocycles. The van der Waals surface area contributed by atoms with Crippen LogP contribution in [0.3, 0.4) is 0 Å². The minimum Gasteiger partial charge on any atom is -0.478 e. The maximum absolute atomic E-state index is 13.6. The molecule has 0 atom stereocenters. The fourth-order valence-corrected chi connectivity index (χ4v) is 2.32. The van der Waals surface area contributed by atoms with Gasteiger partial charge in [-0.2, -0.15) is 5.10 Å². The molecule has 1 N–H and O–H groups in total. The molecule has 0 bridgehead atoms. The molecule has 0 aliphatic carbocycles. The predicted octanol–water partition coefficient (Wildman–Crippen LogP) is 2.41. The topological polar surface area (TPSA) is 55.1 Å². The fourth-order valence-electron chi connectivity index (χ4n) is 1.35. The van der Waals surface area contributed by atoms with Crippen LogP contribution in [0.1, 0.15) is 10.4 Å². The Bertz CT molecular complexity index is 568. The van der Waals surface area contributed by atoms with Crippen LogP contribution in [0.25, 0.3) is 0 Å². The molecule has 4 nitrogen and oxygen atoms in total. The summed E-state index contributed by atoms with van der Waals surface area (Å²) in [5.74, 6) is -1.69. The Labute approximate surface area is 101 Å². The maximum Gasteiger partial charge on any atom is 0.336 e. The number of aryl methyl sites for hydroxylation is 1. The first-order valence-corrected chi connectivity index (χ1v) is 5.58. The zero-order chi connectivity index (χ0) is 12.4. The maximum atomic E-state index is 13.6. The first kappa shape index (κ1) is 11.7. The first-order valence-electron chi connectivity index (χ1n) is 4.76. The molecule has 0 saturated heterocycles. The molecular weight excluding hydrogens is 243 g/mol. The minimum absolute atomic E-state index is 0.0427. The fraction of sp³-hybridized carbons (Fsp3) is 0.0909. The van der Waals surface area contributed by atoms with Gasteiger partial charge < -0.3 is 5.11 Å². The third-order valence-electron chi connectivity index (χ3n) is 2.10. The van der Waals surface area contributed by atoms with Gasteiger partial charge in [-0.05, 0) is 12.1 Å². The molecule has 2 aromatic rings. The number of nitrogens with zero attached hydrogens (tertiary/aromatic N) is 2. The number of carboxylic acids is 1. The number of benzene rings is 1. The molecule has 88 valence electrons. The number of aromatic carboxylic acids is 1. The molecule has 0 amide bonds. The molecule has 0 unspecified atom stereocenters. The van der Waals surface area contributed by atoms with Crippen molar-refractivity contribution in [1.29, 1.82) is 0 Å². The highest BCUT2D eigenvalue weighted by molar-refractivity contribution is 7.99. The Morgan fingerprint density at radius 1 is 1.53 bits per heavy atom. The Morgan fingerprint density at radius 2 is 2.29 bits per heavy atom. The first-order chi connectivity index (χ1) is 8.08. The van der Waals surface area contributed by atoms with Crippen LogP contribution in [0.15, 0.2) is 40.4 Å². The highest BCUT2D eigenvalue weighted by Crippen LogP contribution is 2.32. The van der Waals surface area contributed by atoms with Gasteiger partial charge in [-0.25, -0.2) is 9.18 Å². The van der Waals surface area contributed by atoms with E-state index in [4.69, 9.17) is 5.11 Å². The van der Waals surface area contributed by atoms with E-state index in [1.165, 1.54) is 18.2 Å². The highest BCUT2D eigenvalue weighted by atomic mass is 32.2. The van der Waals surface area contributed by atoms with Gasteiger partial charge in [0.15, 0.2) is 0 Å². The molecule has 17 heavy (non-hydrogen) atoms. The van der Waals surface area contributed by atoms with Gasteiger partial charge in [0.25, 0.3) is 0 Å². The van der Waals surface area contributed by atoms with Gasteiger partial charge in [0.2, 0.25) is 0 Å². The summed E-state index contributed by atoms with van der Waals surface area (Å²) in [6, 6.07) is 4.00. The van der Waals surface area contributed by atoms with E-state index in [0.29, 0.717) is 4.90 Å². The normalized spacial score (nSPS) is 10.5. The van der Waals surface area contributed by atoms with E-state index in [1.54, 1.807) is 24.1 Å². The van der Waals surface area contributed by atoms with Crippen molar-refractivity contribution in [1.82, 2.24) is 9.78 Å². The quantitative estimate of drug-likeness (QED) is 0.911. The summed E-state index contributed by atoms with van der Waals surface area (Å²) in [7, 11) is 1.74.